The van der Waals surface area contributed by atoms with Crippen LogP contribution in [0.4, 0.5) is 0 Å². The molecule has 0 radical (unpaired) electrons. The predicted octanol–water partition coefficient (Wildman–Crippen LogP) is 1.44. The second-order valence-electron chi connectivity index (χ2n) is 4.49. The fourth-order valence-corrected chi connectivity index (χ4v) is 1.66. The smallest absolute Gasteiger partial charge is 0.325 e. The number of carbonyl (C=O) groups excluding carboxylic acids is 2. The van der Waals surface area contributed by atoms with Crippen molar-refractivity contribution in [3.8, 4) is 0 Å². The van der Waals surface area contributed by atoms with E-state index in [-0.39, 0.29) is 18.2 Å². The van der Waals surface area contributed by atoms with Gasteiger partial charge in [0.15, 0.2) is 0 Å². The Labute approximate surface area is 127 Å². The molecule has 0 aliphatic rings. The van der Waals surface area contributed by atoms with Crippen molar-refractivity contribution in [2.45, 2.75) is 25.8 Å². The molecule has 0 unspecified atom stereocenters. The lowest BCUT2D eigenvalue weighted by atomic mass is 10.2. The molecule has 6 nitrogen and oxygen atoms in total. The van der Waals surface area contributed by atoms with Gasteiger partial charge in [-0.15, -0.1) is 0 Å². The summed E-state index contributed by atoms with van der Waals surface area (Å²) in [4.78, 5) is 33.7. The summed E-state index contributed by atoms with van der Waals surface area (Å²) in [5.74, 6) is -1.68. The van der Waals surface area contributed by atoms with Gasteiger partial charge in [0.2, 0.25) is 5.91 Å². The minimum atomic E-state index is -1.08. The number of nitrogens with one attached hydrogen (secondary N) is 2. The molecular weight excluding hydrogens is 296 g/mol. The van der Waals surface area contributed by atoms with Crippen LogP contribution in [-0.4, -0.2) is 35.5 Å². The monoisotopic (exact) mass is 312 g/mol. The molecule has 7 heteroatoms. The number of rotatable bonds is 7. The van der Waals surface area contributed by atoms with Gasteiger partial charge >= 0.3 is 5.97 Å². The quantitative estimate of drug-likeness (QED) is 0.664. The van der Waals surface area contributed by atoms with E-state index in [1.165, 1.54) is 6.92 Å². The van der Waals surface area contributed by atoms with Crippen molar-refractivity contribution in [3.63, 3.8) is 0 Å². The van der Waals surface area contributed by atoms with E-state index in [2.05, 4.69) is 10.6 Å². The van der Waals surface area contributed by atoms with Crippen molar-refractivity contribution in [3.05, 3.63) is 34.9 Å². The van der Waals surface area contributed by atoms with Crippen molar-refractivity contribution in [1.29, 1.82) is 0 Å². The van der Waals surface area contributed by atoms with Crippen molar-refractivity contribution in [2.75, 3.05) is 6.54 Å². The molecule has 21 heavy (non-hydrogen) atoms. The predicted molar refractivity (Wildman–Crippen MR) is 78.3 cm³/mol. The van der Waals surface area contributed by atoms with Gasteiger partial charge in [-0.05, 0) is 37.6 Å². The molecule has 0 bridgehead atoms. The number of carboxylic acid groups (broad SMARTS) is 1. The molecule has 0 saturated heterocycles. The van der Waals surface area contributed by atoms with Crippen LogP contribution in [0.15, 0.2) is 24.3 Å². The maximum absolute atomic E-state index is 11.7. The third-order valence-electron chi connectivity index (χ3n) is 2.72. The standard InChI is InChI=1S/C14H17ClN2O4/c1-9(14(20)21)17-12(18)3-2-8-16-13(19)10-4-6-11(15)7-5-10/h4-7,9H,2-3,8H2,1H3,(H,16,19)(H,17,18)(H,20,21)/t9-/m1/s1. The third-order valence-corrected chi connectivity index (χ3v) is 2.97. The Morgan fingerprint density at radius 2 is 1.86 bits per heavy atom. The van der Waals surface area contributed by atoms with Crippen molar-refractivity contribution in [2.24, 2.45) is 0 Å². The Bertz CT molecular complexity index is 516. The molecule has 1 atom stereocenters. The molecule has 0 aromatic heterocycles. The second-order valence-corrected chi connectivity index (χ2v) is 4.93. The maximum Gasteiger partial charge on any atom is 0.325 e. The summed E-state index contributed by atoms with van der Waals surface area (Å²) < 4.78 is 0. The molecule has 1 aromatic carbocycles. The average Bonchev–Trinajstić information content (AvgIpc) is 2.44. The Kier molecular flexibility index (Phi) is 6.68. The van der Waals surface area contributed by atoms with E-state index < -0.39 is 12.0 Å². The number of benzene rings is 1. The van der Waals surface area contributed by atoms with Crippen LogP contribution in [0.1, 0.15) is 30.1 Å². The van der Waals surface area contributed by atoms with Crippen molar-refractivity contribution < 1.29 is 19.5 Å². The Hall–Kier alpha value is -2.08. The highest BCUT2D eigenvalue weighted by Gasteiger charge is 2.13. The van der Waals surface area contributed by atoms with Gasteiger partial charge in [0.1, 0.15) is 6.04 Å². The van der Waals surface area contributed by atoms with Gasteiger partial charge in [0, 0.05) is 23.6 Å². The molecule has 0 aliphatic carbocycles. The first kappa shape index (κ1) is 17.0. The number of halogens is 1. The molecule has 0 heterocycles. The molecule has 0 aliphatic heterocycles. The Morgan fingerprint density at radius 3 is 2.43 bits per heavy atom. The zero-order chi connectivity index (χ0) is 15.8. The summed E-state index contributed by atoms with van der Waals surface area (Å²) in [5, 5.41) is 14.2. The van der Waals surface area contributed by atoms with Gasteiger partial charge in [-0.25, -0.2) is 0 Å². The molecule has 3 N–H and O–H groups in total. The number of carbonyl (C=O) groups is 3. The number of hydrogen-bond acceptors (Lipinski definition) is 3. The number of amides is 2. The number of aliphatic carboxylic acids is 1. The first-order chi connectivity index (χ1) is 9.90. The van der Waals surface area contributed by atoms with E-state index in [1.807, 2.05) is 0 Å². The summed E-state index contributed by atoms with van der Waals surface area (Å²) >= 11 is 5.72. The van der Waals surface area contributed by atoms with Crippen LogP contribution in [0, 0.1) is 0 Å². The molecule has 114 valence electrons. The number of carboxylic acids is 1. The van der Waals surface area contributed by atoms with E-state index >= 15 is 0 Å². The SMILES string of the molecule is C[C@@H](NC(=O)CCCNC(=O)c1ccc(Cl)cc1)C(=O)O. The van der Waals surface area contributed by atoms with Gasteiger partial charge < -0.3 is 15.7 Å². The largest absolute Gasteiger partial charge is 0.480 e. The molecule has 0 fully saturated rings. The fourth-order valence-electron chi connectivity index (χ4n) is 1.53. The minimum absolute atomic E-state index is 0.151. The maximum atomic E-state index is 11.7. The topological polar surface area (TPSA) is 95.5 Å². The zero-order valence-corrected chi connectivity index (χ0v) is 12.3. The van der Waals surface area contributed by atoms with Crippen LogP contribution in [0.5, 0.6) is 0 Å². The molecule has 2 amide bonds. The van der Waals surface area contributed by atoms with Crippen molar-refractivity contribution in [1.82, 2.24) is 10.6 Å². The minimum Gasteiger partial charge on any atom is -0.480 e. The van der Waals surface area contributed by atoms with Crippen LogP contribution >= 0.6 is 11.6 Å². The fraction of sp³-hybridized carbons (Fsp3) is 0.357. The summed E-state index contributed by atoms with van der Waals surface area (Å²) in [5.41, 5.74) is 0.489. The lowest BCUT2D eigenvalue weighted by Crippen LogP contribution is -2.38. The summed E-state index contributed by atoms with van der Waals surface area (Å²) in [6.45, 7) is 1.72. The summed E-state index contributed by atoms with van der Waals surface area (Å²) in [6.07, 6.45) is 0.579. The molecular formula is C14H17ClN2O4. The van der Waals surface area contributed by atoms with Gasteiger partial charge in [-0.1, -0.05) is 11.6 Å². The zero-order valence-electron chi connectivity index (χ0n) is 11.6. The molecule has 1 aromatic rings. The molecule has 0 saturated carbocycles. The van der Waals surface area contributed by atoms with E-state index in [1.54, 1.807) is 24.3 Å². The van der Waals surface area contributed by atoms with E-state index in [0.717, 1.165) is 0 Å². The first-order valence-electron chi connectivity index (χ1n) is 6.46. The number of hydrogen-bond donors (Lipinski definition) is 3. The average molecular weight is 313 g/mol. The lowest BCUT2D eigenvalue weighted by molar-refractivity contribution is -0.141. The second kappa shape index (κ2) is 8.26. The van der Waals surface area contributed by atoms with Gasteiger partial charge in [0.05, 0.1) is 0 Å². The van der Waals surface area contributed by atoms with Crippen LogP contribution in [0.25, 0.3) is 0 Å². The Morgan fingerprint density at radius 1 is 1.24 bits per heavy atom. The summed E-state index contributed by atoms with van der Waals surface area (Å²) in [7, 11) is 0. The van der Waals surface area contributed by atoms with Crippen LogP contribution < -0.4 is 10.6 Å². The van der Waals surface area contributed by atoms with Gasteiger partial charge in [-0.2, -0.15) is 0 Å². The van der Waals surface area contributed by atoms with Crippen LogP contribution in [0.3, 0.4) is 0 Å². The highest BCUT2D eigenvalue weighted by molar-refractivity contribution is 6.30. The van der Waals surface area contributed by atoms with Gasteiger partial charge in [-0.3, -0.25) is 14.4 Å². The highest BCUT2D eigenvalue weighted by Crippen LogP contribution is 2.09. The van der Waals surface area contributed by atoms with Crippen LogP contribution in [0.2, 0.25) is 5.02 Å². The van der Waals surface area contributed by atoms with E-state index in [9.17, 15) is 14.4 Å². The third kappa shape index (κ3) is 6.27. The normalized spacial score (nSPS) is 11.5. The summed E-state index contributed by atoms with van der Waals surface area (Å²) in [6, 6.07) is 5.55. The molecule has 0 spiro atoms. The van der Waals surface area contributed by atoms with Crippen molar-refractivity contribution >= 4 is 29.4 Å². The van der Waals surface area contributed by atoms with Crippen LogP contribution in [-0.2, 0) is 9.59 Å². The lowest BCUT2D eigenvalue weighted by Gasteiger charge is -2.09. The van der Waals surface area contributed by atoms with E-state index in [4.69, 9.17) is 16.7 Å². The first-order valence-corrected chi connectivity index (χ1v) is 6.84. The Balaban J connectivity index is 2.25. The highest BCUT2D eigenvalue weighted by atomic mass is 35.5. The molecule has 1 rings (SSSR count). The van der Waals surface area contributed by atoms with E-state index in [0.29, 0.717) is 23.6 Å². The van der Waals surface area contributed by atoms with Gasteiger partial charge in [0.25, 0.3) is 5.91 Å².